The maximum Gasteiger partial charge on any atom is 0.522 e. The van der Waals surface area contributed by atoms with Crippen LogP contribution in [-0.4, -0.2) is 48.6 Å². The third-order valence-electron chi connectivity index (χ3n) is 4.10. The van der Waals surface area contributed by atoms with Crippen LogP contribution in [0.2, 0.25) is 0 Å². The molecule has 1 N–H and O–H groups in total. The second kappa shape index (κ2) is 5.97. The van der Waals surface area contributed by atoms with Crippen LogP contribution in [-0.2, 0) is 4.74 Å². The number of ether oxygens (including phenoxy) is 1. The van der Waals surface area contributed by atoms with Crippen LogP contribution in [0.25, 0.3) is 0 Å². The van der Waals surface area contributed by atoms with Gasteiger partial charge in [-0.3, -0.25) is 9.64 Å². The molecule has 3 nitrogen and oxygen atoms in total. The second-order valence-electron chi connectivity index (χ2n) is 5.88. The molecule has 0 aromatic rings. The van der Waals surface area contributed by atoms with Crippen molar-refractivity contribution in [2.75, 3.05) is 26.2 Å². The van der Waals surface area contributed by atoms with Crippen LogP contribution in [0.1, 0.15) is 40.5 Å². The number of alkyl halides is 3. The Morgan fingerprint density at radius 3 is 2.26 bits per heavy atom. The van der Waals surface area contributed by atoms with Gasteiger partial charge in [-0.1, -0.05) is 13.8 Å². The molecule has 0 aliphatic carbocycles. The van der Waals surface area contributed by atoms with E-state index in [9.17, 15) is 13.2 Å². The molecule has 114 valence electrons. The van der Waals surface area contributed by atoms with E-state index in [1.807, 2.05) is 0 Å². The third kappa shape index (κ3) is 4.61. The Hall–Kier alpha value is -0.330. The lowest BCUT2D eigenvalue weighted by molar-refractivity contribution is -0.325. The predicted molar refractivity (Wildman–Crippen MR) is 69.0 cm³/mol. The average Bonchev–Trinajstić information content (AvgIpc) is 2.28. The maximum atomic E-state index is 12.1. The molecule has 6 heteroatoms. The summed E-state index contributed by atoms with van der Waals surface area (Å²) < 4.78 is 40.1. The molecule has 1 rings (SSSR count). The molecule has 0 unspecified atom stereocenters. The van der Waals surface area contributed by atoms with E-state index < -0.39 is 6.36 Å². The standard InChI is InChI=1S/C13H25F3N2O/c1-5-12(6-2)9-17-11(3,4)10-18(12)7-8-19-13(14,15)16/h17H,5-10H2,1-4H3. The average molecular weight is 282 g/mol. The highest BCUT2D eigenvalue weighted by Gasteiger charge is 2.41. The highest BCUT2D eigenvalue weighted by Crippen LogP contribution is 2.30. The Labute approximate surface area is 113 Å². The molecule has 1 fully saturated rings. The van der Waals surface area contributed by atoms with Crippen LogP contribution in [0.4, 0.5) is 13.2 Å². The molecule has 0 radical (unpaired) electrons. The first-order chi connectivity index (χ1) is 8.64. The number of hydrogen-bond donors (Lipinski definition) is 1. The summed E-state index contributed by atoms with van der Waals surface area (Å²) >= 11 is 0. The van der Waals surface area contributed by atoms with Crippen LogP contribution in [0.15, 0.2) is 0 Å². The largest absolute Gasteiger partial charge is 0.522 e. The van der Waals surface area contributed by atoms with Crippen LogP contribution >= 0.6 is 0 Å². The van der Waals surface area contributed by atoms with Crippen LogP contribution in [0.5, 0.6) is 0 Å². The Balaban J connectivity index is 2.67. The van der Waals surface area contributed by atoms with Crippen molar-refractivity contribution in [1.82, 2.24) is 10.2 Å². The van der Waals surface area contributed by atoms with E-state index in [2.05, 4.69) is 42.6 Å². The number of nitrogens with one attached hydrogen (secondary N) is 1. The molecular weight excluding hydrogens is 257 g/mol. The van der Waals surface area contributed by atoms with Crippen molar-refractivity contribution in [3.8, 4) is 0 Å². The van der Waals surface area contributed by atoms with E-state index in [1.165, 1.54) is 0 Å². The normalized spacial score (nSPS) is 23.5. The number of piperazine rings is 1. The summed E-state index contributed by atoms with van der Waals surface area (Å²) in [6, 6.07) is 0. The van der Waals surface area contributed by atoms with Crippen molar-refractivity contribution in [2.45, 2.75) is 58.0 Å². The van der Waals surface area contributed by atoms with Gasteiger partial charge in [0.15, 0.2) is 0 Å². The lowest BCUT2D eigenvalue weighted by Gasteiger charge is -2.52. The van der Waals surface area contributed by atoms with E-state index in [4.69, 9.17) is 0 Å². The lowest BCUT2D eigenvalue weighted by atomic mass is 9.84. The minimum Gasteiger partial charge on any atom is -0.309 e. The first kappa shape index (κ1) is 16.7. The zero-order valence-corrected chi connectivity index (χ0v) is 12.2. The van der Waals surface area contributed by atoms with Gasteiger partial charge in [0, 0.05) is 30.7 Å². The summed E-state index contributed by atoms with van der Waals surface area (Å²) in [6.07, 6.45) is -2.71. The first-order valence-corrected chi connectivity index (χ1v) is 6.85. The van der Waals surface area contributed by atoms with Crippen LogP contribution in [0, 0.1) is 0 Å². The summed E-state index contributed by atoms with van der Waals surface area (Å²) in [6.45, 7) is 9.85. The van der Waals surface area contributed by atoms with Crippen molar-refractivity contribution in [2.24, 2.45) is 0 Å². The Kier molecular flexibility index (Phi) is 5.26. The maximum absolute atomic E-state index is 12.1. The van der Waals surface area contributed by atoms with E-state index >= 15 is 0 Å². The number of nitrogens with zero attached hydrogens (tertiary/aromatic N) is 1. The zero-order chi connectivity index (χ0) is 14.7. The third-order valence-corrected chi connectivity index (χ3v) is 4.10. The van der Waals surface area contributed by atoms with E-state index in [-0.39, 0.29) is 17.7 Å². The van der Waals surface area contributed by atoms with Gasteiger partial charge in [-0.2, -0.15) is 0 Å². The van der Waals surface area contributed by atoms with Gasteiger partial charge in [-0.25, -0.2) is 0 Å². The zero-order valence-electron chi connectivity index (χ0n) is 12.2. The van der Waals surface area contributed by atoms with Crippen molar-refractivity contribution in [3.05, 3.63) is 0 Å². The summed E-state index contributed by atoms with van der Waals surface area (Å²) in [7, 11) is 0. The summed E-state index contributed by atoms with van der Waals surface area (Å²) in [5.74, 6) is 0. The van der Waals surface area contributed by atoms with E-state index in [0.29, 0.717) is 6.54 Å². The van der Waals surface area contributed by atoms with Gasteiger partial charge in [0.25, 0.3) is 0 Å². The Morgan fingerprint density at radius 2 is 1.79 bits per heavy atom. The van der Waals surface area contributed by atoms with Gasteiger partial charge in [0.05, 0.1) is 6.61 Å². The first-order valence-electron chi connectivity index (χ1n) is 6.85. The molecule has 0 amide bonds. The molecule has 1 aliphatic rings. The van der Waals surface area contributed by atoms with Crippen molar-refractivity contribution >= 4 is 0 Å². The fourth-order valence-electron chi connectivity index (χ4n) is 2.75. The molecule has 0 atom stereocenters. The minimum atomic E-state index is -4.54. The van der Waals surface area contributed by atoms with Crippen LogP contribution < -0.4 is 5.32 Å². The van der Waals surface area contributed by atoms with E-state index in [1.54, 1.807) is 0 Å². The van der Waals surface area contributed by atoms with Gasteiger partial charge in [0.1, 0.15) is 0 Å². The fourth-order valence-corrected chi connectivity index (χ4v) is 2.75. The quantitative estimate of drug-likeness (QED) is 0.839. The van der Waals surface area contributed by atoms with Gasteiger partial charge >= 0.3 is 6.36 Å². The molecule has 0 saturated carbocycles. The molecule has 19 heavy (non-hydrogen) atoms. The van der Waals surface area contributed by atoms with E-state index in [0.717, 1.165) is 25.9 Å². The van der Waals surface area contributed by atoms with Gasteiger partial charge < -0.3 is 5.32 Å². The summed E-state index contributed by atoms with van der Waals surface area (Å²) in [4.78, 5) is 2.15. The lowest BCUT2D eigenvalue weighted by Crippen LogP contribution is -2.68. The highest BCUT2D eigenvalue weighted by atomic mass is 19.4. The molecule has 1 aliphatic heterocycles. The van der Waals surface area contributed by atoms with Crippen molar-refractivity contribution in [1.29, 1.82) is 0 Å². The van der Waals surface area contributed by atoms with Crippen molar-refractivity contribution < 1.29 is 17.9 Å². The molecule has 1 saturated heterocycles. The highest BCUT2D eigenvalue weighted by molar-refractivity contribution is 5.01. The van der Waals surface area contributed by atoms with Crippen LogP contribution in [0.3, 0.4) is 0 Å². The Morgan fingerprint density at radius 1 is 1.21 bits per heavy atom. The molecule has 0 bridgehead atoms. The van der Waals surface area contributed by atoms with Gasteiger partial charge in [-0.05, 0) is 26.7 Å². The molecule has 0 spiro atoms. The number of hydrogen-bond acceptors (Lipinski definition) is 3. The SMILES string of the molecule is CCC1(CC)CNC(C)(C)CN1CCOC(F)(F)F. The second-order valence-corrected chi connectivity index (χ2v) is 5.88. The van der Waals surface area contributed by atoms with Gasteiger partial charge in [-0.15, -0.1) is 13.2 Å². The predicted octanol–water partition coefficient (Wildman–Crippen LogP) is 2.77. The van der Waals surface area contributed by atoms with Gasteiger partial charge in [0.2, 0.25) is 0 Å². The summed E-state index contributed by atoms with van der Waals surface area (Å²) in [5, 5.41) is 3.48. The molecular formula is C13H25F3N2O. The number of rotatable bonds is 5. The molecule has 0 aromatic heterocycles. The van der Waals surface area contributed by atoms with Crippen molar-refractivity contribution in [3.63, 3.8) is 0 Å². The minimum absolute atomic E-state index is 0.0650. The smallest absolute Gasteiger partial charge is 0.309 e. The molecule has 1 heterocycles. The molecule has 0 aromatic carbocycles. The number of halogens is 3. The fraction of sp³-hybridized carbons (Fsp3) is 1.00. The monoisotopic (exact) mass is 282 g/mol. The topological polar surface area (TPSA) is 24.5 Å². The summed E-state index contributed by atoms with van der Waals surface area (Å²) in [5.41, 5.74) is -0.142. The Bertz CT molecular complexity index is 288.